The Hall–Kier alpha value is -1.90. The number of hydrogen-bond acceptors (Lipinski definition) is 3. The first-order valence-corrected chi connectivity index (χ1v) is 5.68. The van der Waals surface area contributed by atoms with Crippen LogP contribution in [0.5, 0.6) is 0 Å². The molecule has 88 valence electrons. The molecule has 1 unspecified atom stereocenters. The third kappa shape index (κ3) is 2.13. The van der Waals surface area contributed by atoms with E-state index in [1.807, 2.05) is 36.4 Å². The highest BCUT2D eigenvalue weighted by atomic mass is 16.5. The Morgan fingerprint density at radius 1 is 1.41 bits per heavy atom. The van der Waals surface area contributed by atoms with Gasteiger partial charge in [0.15, 0.2) is 0 Å². The molecule has 0 N–H and O–H groups in total. The average Bonchev–Trinajstić information content (AvgIpc) is 2.37. The molecule has 0 saturated carbocycles. The lowest BCUT2D eigenvalue weighted by molar-refractivity contribution is -0.144. The molecule has 1 aliphatic rings. The minimum atomic E-state index is -0.380. The Labute approximate surface area is 101 Å². The van der Waals surface area contributed by atoms with Crippen molar-refractivity contribution in [1.82, 2.24) is 0 Å². The average molecular weight is 229 g/mol. The van der Waals surface area contributed by atoms with E-state index in [9.17, 15) is 4.79 Å². The predicted molar refractivity (Wildman–Crippen MR) is 68.1 cm³/mol. The van der Waals surface area contributed by atoms with Crippen LogP contribution in [0, 0.1) is 5.92 Å². The Balaban J connectivity index is 2.39. The molecule has 2 rings (SSSR count). The van der Waals surface area contributed by atoms with Gasteiger partial charge in [-0.15, -0.1) is 0 Å². The van der Waals surface area contributed by atoms with Gasteiger partial charge < -0.3 is 4.74 Å². The van der Waals surface area contributed by atoms with Crippen molar-refractivity contribution in [1.29, 1.82) is 0 Å². The summed E-state index contributed by atoms with van der Waals surface area (Å²) in [6.45, 7) is 2.20. The van der Waals surface area contributed by atoms with Crippen LogP contribution in [0.2, 0.25) is 0 Å². The highest BCUT2D eigenvalue weighted by Gasteiger charge is 2.27. The van der Waals surface area contributed by atoms with Crippen LogP contribution >= 0.6 is 0 Å². The molecule has 0 radical (unpaired) electrons. The summed E-state index contributed by atoms with van der Waals surface area (Å²) in [6.07, 6.45) is 3.80. The number of carbonyl (C=O) groups is 1. The molecular formula is C14H15NO2. The summed E-state index contributed by atoms with van der Waals surface area (Å²) in [6, 6.07) is 7.91. The fraction of sp³-hybridized carbons (Fsp3) is 0.286. The highest BCUT2D eigenvalue weighted by Crippen LogP contribution is 2.24. The first kappa shape index (κ1) is 11.6. The number of rotatable bonds is 2. The number of benzene rings is 1. The third-order valence-corrected chi connectivity index (χ3v) is 2.78. The zero-order chi connectivity index (χ0) is 12.3. The zero-order valence-corrected chi connectivity index (χ0v) is 10.0. The molecular weight excluding hydrogens is 214 g/mol. The molecule has 1 atom stereocenters. The van der Waals surface area contributed by atoms with Crippen molar-refractivity contribution in [3.63, 3.8) is 0 Å². The van der Waals surface area contributed by atoms with Gasteiger partial charge in [0.2, 0.25) is 0 Å². The van der Waals surface area contributed by atoms with Crippen molar-refractivity contribution in [3.05, 3.63) is 41.5 Å². The van der Waals surface area contributed by atoms with Crippen LogP contribution in [-0.4, -0.2) is 25.3 Å². The summed E-state index contributed by atoms with van der Waals surface area (Å²) in [5.74, 6) is -0.617. The van der Waals surface area contributed by atoms with E-state index in [0.717, 1.165) is 16.8 Å². The van der Waals surface area contributed by atoms with Crippen molar-refractivity contribution in [2.24, 2.45) is 10.9 Å². The lowest BCUT2D eigenvalue weighted by atomic mass is 9.87. The van der Waals surface area contributed by atoms with E-state index in [4.69, 9.17) is 4.74 Å². The zero-order valence-electron chi connectivity index (χ0n) is 10.0. The van der Waals surface area contributed by atoms with Gasteiger partial charge in [-0.25, -0.2) is 0 Å². The van der Waals surface area contributed by atoms with E-state index in [2.05, 4.69) is 4.99 Å². The molecule has 3 heteroatoms. The molecule has 1 aromatic carbocycles. The number of aliphatic imine (C=N–C) groups is 1. The van der Waals surface area contributed by atoms with Crippen LogP contribution < -0.4 is 0 Å². The van der Waals surface area contributed by atoms with E-state index in [1.54, 1.807) is 14.0 Å². The topological polar surface area (TPSA) is 38.7 Å². The van der Waals surface area contributed by atoms with Gasteiger partial charge in [0.1, 0.15) is 5.92 Å². The number of hydrogen-bond donors (Lipinski definition) is 0. The second-order valence-electron chi connectivity index (χ2n) is 3.78. The molecule has 0 fully saturated rings. The molecule has 17 heavy (non-hydrogen) atoms. The molecule has 0 aromatic heterocycles. The van der Waals surface area contributed by atoms with Crippen LogP contribution in [0.25, 0.3) is 6.08 Å². The lowest BCUT2D eigenvalue weighted by Gasteiger charge is -2.20. The smallest absolute Gasteiger partial charge is 0.318 e. The van der Waals surface area contributed by atoms with E-state index in [1.165, 1.54) is 0 Å². The summed E-state index contributed by atoms with van der Waals surface area (Å²) in [5.41, 5.74) is 2.88. The van der Waals surface area contributed by atoms with Gasteiger partial charge in [-0.05, 0) is 12.5 Å². The highest BCUT2D eigenvalue weighted by molar-refractivity contribution is 6.16. The monoisotopic (exact) mass is 229 g/mol. The molecule has 0 heterocycles. The SMILES string of the molecule is CCOC(=O)C1C=Cc2ccccc2/C1=N\C. The van der Waals surface area contributed by atoms with Crippen LogP contribution in [0.3, 0.4) is 0 Å². The van der Waals surface area contributed by atoms with Crippen LogP contribution in [0.15, 0.2) is 35.3 Å². The van der Waals surface area contributed by atoms with E-state index in [0.29, 0.717) is 6.61 Å². The maximum Gasteiger partial charge on any atom is 0.318 e. The minimum absolute atomic E-state index is 0.237. The van der Waals surface area contributed by atoms with Gasteiger partial charge >= 0.3 is 5.97 Å². The van der Waals surface area contributed by atoms with Gasteiger partial charge in [0.25, 0.3) is 0 Å². The lowest BCUT2D eigenvalue weighted by Crippen LogP contribution is -2.27. The maximum atomic E-state index is 11.8. The molecule has 0 spiro atoms. The first-order valence-electron chi connectivity index (χ1n) is 5.68. The second-order valence-corrected chi connectivity index (χ2v) is 3.78. The molecule has 1 aliphatic carbocycles. The summed E-state index contributed by atoms with van der Waals surface area (Å²) in [7, 11) is 1.71. The fourth-order valence-electron chi connectivity index (χ4n) is 2.02. The normalized spacial score (nSPS) is 20.1. The van der Waals surface area contributed by atoms with Gasteiger partial charge in [0.05, 0.1) is 12.3 Å². The quantitative estimate of drug-likeness (QED) is 0.730. The summed E-state index contributed by atoms with van der Waals surface area (Å²) in [4.78, 5) is 16.1. The fourth-order valence-corrected chi connectivity index (χ4v) is 2.02. The predicted octanol–water partition coefficient (Wildman–Crippen LogP) is 2.31. The van der Waals surface area contributed by atoms with Gasteiger partial charge in [-0.3, -0.25) is 9.79 Å². The number of fused-ring (bicyclic) bond motifs is 1. The molecule has 1 aromatic rings. The molecule has 0 bridgehead atoms. The standard InChI is InChI=1S/C14H15NO2/c1-3-17-14(16)12-9-8-10-6-4-5-7-11(10)13(12)15-2/h4-9,12H,3H2,1-2H3/b15-13+. The number of esters is 1. The first-order chi connectivity index (χ1) is 8.27. The molecule has 3 nitrogen and oxygen atoms in total. The Bertz CT molecular complexity index is 489. The largest absolute Gasteiger partial charge is 0.465 e. The number of ether oxygens (including phenoxy) is 1. The van der Waals surface area contributed by atoms with Gasteiger partial charge in [-0.2, -0.15) is 0 Å². The van der Waals surface area contributed by atoms with Crippen LogP contribution in [0.1, 0.15) is 18.1 Å². The van der Waals surface area contributed by atoms with Crippen molar-refractivity contribution in [2.45, 2.75) is 6.92 Å². The Morgan fingerprint density at radius 2 is 2.18 bits per heavy atom. The molecule has 0 aliphatic heterocycles. The maximum absolute atomic E-state index is 11.8. The Kier molecular flexibility index (Phi) is 3.38. The summed E-state index contributed by atoms with van der Waals surface area (Å²) < 4.78 is 5.06. The van der Waals surface area contributed by atoms with Gasteiger partial charge in [0, 0.05) is 12.6 Å². The van der Waals surface area contributed by atoms with E-state index < -0.39 is 0 Å². The van der Waals surface area contributed by atoms with Gasteiger partial charge in [-0.1, -0.05) is 36.4 Å². The number of carbonyl (C=O) groups excluding carboxylic acids is 1. The Morgan fingerprint density at radius 3 is 2.88 bits per heavy atom. The number of nitrogens with zero attached hydrogens (tertiary/aromatic N) is 1. The molecule has 0 amide bonds. The second kappa shape index (κ2) is 4.95. The molecule has 0 saturated heterocycles. The van der Waals surface area contributed by atoms with E-state index in [-0.39, 0.29) is 11.9 Å². The van der Waals surface area contributed by atoms with Crippen molar-refractivity contribution >= 4 is 17.8 Å². The van der Waals surface area contributed by atoms with Crippen LogP contribution in [-0.2, 0) is 9.53 Å². The van der Waals surface area contributed by atoms with Crippen molar-refractivity contribution in [2.75, 3.05) is 13.7 Å². The summed E-state index contributed by atoms with van der Waals surface area (Å²) >= 11 is 0. The summed E-state index contributed by atoms with van der Waals surface area (Å²) in [5, 5.41) is 0. The minimum Gasteiger partial charge on any atom is -0.465 e. The van der Waals surface area contributed by atoms with E-state index >= 15 is 0 Å². The van der Waals surface area contributed by atoms with Crippen molar-refractivity contribution < 1.29 is 9.53 Å². The third-order valence-electron chi connectivity index (χ3n) is 2.78. The van der Waals surface area contributed by atoms with Crippen LogP contribution in [0.4, 0.5) is 0 Å². The van der Waals surface area contributed by atoms with Crippen molar-refractivity contribution in [3.8, 4) is 0 Å².